The zero-order valence-corrected chi connectivity index (χ0v) is 20.8. The number of nitrogens with zero attached hydrogens (tertiary/aromatic N) is 3. The highest BCUT2D eigenvalue weighted by atomic mass is 32.2. The van der Waals surface area contributed by atoms with Crippen molar-refractivity contribution in [2.45, 2.75) is 24.3 Å². The van der Waals surface area contributed by atoms with E-state index in [9.17, 15) is 27.7 Å². The summed E-state index contributed by atoms with van der Waals surface area (Å²) >= 11 is 0.665. The number of halogens is 1. The van der Waals surface area contributed by atoms with Gasteiger partial charge in [-0.2, -0.15) is 14.6 Å². The van der Waals surface area contributed by atoms with Crippen LogP contribution in [0.1, 0.15) is 29.8 Å². The summed E-state index contributed by atoms with van der Waals surface area (Å²) in [4.78, 5) is 28.7. The SMILES string of the molecule is COc1cc(/C=C(/C#N)C(=O)Nc2nc(S(=O)(=O)C(C)C)ns2)ccc1OC(=O)c1ccccc1F. The van der Waals surface area contributed by atoms with Crippen LogP contribution < -0.4 is 14.8 Å². The molecule has 1 N–H and O–H groups in total. The van der Waals surface area contributed by atoms with Crippen LogP contribution in [0, 0.1) is 17.1 Å². The summed E-state index contributed by atoms with van der Waals surface area (Å²) in [7, 11) is -2.40. The number of rotatable bonds is 8. The predicted octanol–water partition coefficient (Wildman–Crippen LogP) is 3.63. The zero-order chi connectivity index (χ0) is 26.5. The van der Waals surface area contributed by atoms with Crippen molar-refractivity contribution in [3.05, 3.63) is 65.0 Å². The standard InChI is InChI=1S/C23H19FN4O6S2/c1-13(2)36(31,32)23-27-22(35-28-23)26-20(29)15(12-25)10-14-8-9-18(19(11-14)33-3)34-21(30)16-6-4-5-7-17(16)24/h4-11,13H,1-3H3,(H,26,27,28,29)/b15-10-. The van der Waals surface area contributed by atoms with Gasteiger partial charge in [-0.1, -0.05) is 18.2 Å². The summed E-state index contributed by atoms with van der Waals surface area (Å²) in [6.45, 7) is 2.96. The number of hydrogen-bond acceptors (Lipinski definition) is 10. The van der Waals surface area contributed by atoms with Gasteiger partial charge in [-0.3, -0.25) is 10.1 Å². The molecule has 186 valence electrons. The summed E-state index contributed by atoms with van der Waals surface area (Å²) < 4.78 is 52.4. The number of aromatic nitrogens is 2. The Bertz CT molecular complexity index is 1490. The quantitative estimate of drug-likeness (QED) is 0.199. The van der Waals surface area contributed by atoms with E-state index in [0.717, 1.165) is 6.07 Å². The van der Waals surface area contributed by atoms with Crippen molar-refractivity contribution < 1.29 is 31.9 Å². The fourth-order valence-electron chi connectivity index (χ4n) is 2.71. The van der Waals surface area contributed by atoms with Crippen LogP contribution in [0.15, 0.2) is 53.2 Å². The molecule has 0 aliphatic heterocycles. The first-order valence-electron chi connectivity index (χ1n) is 10.2. The Morgan fingerprint density at radius 3 is 2.56 bits per heavy atom. The number of hydrogen-bond donors (Lipinski definition) is 1. The summed E-state index contributed by atoms with van der Waals surface area (Å²) in [6, 6.07) is 11.3. The Hall–Kier alpha value is -4.15. The molecule has 1 aromatic heterocycles. The van der Waals surface area contributed by atoms with Crippen LogP contribution in [0.25, 0.3) is 6.08 Å². The van der Waals surface area contributed by atoms with Crippen molar-refractivity contribution in [2.24, 2.45) is 0 Å². The Morgan fingerprint density at radius 2 is 1.92 bits per heavy atom. The molecule has 0 saturated carbocycles. The number of carbonyl (C=O) groups is 2. The van der Waals surface area contributed by atoms with Gasteiger partial charge in [-0.05, 0) is 49.8 Å². The van der Waals surface area contributed by atoms with E-state index in [2.05, 4.69) is 14.7 Å². The Labute approximate surface area is 210 Å². The van der Waals surface area contributed by atoms with Crippen LogP contribution in [-0.4, -0.2) is 42.0 Å². The average molecular weight is 531 g/mol. The maximum atomic E-state index is 13.9. The molecule has 13 heteroatoms. The van der Waals surface area contributed by atoms with Gasteiger partial charge >= 0.3 is 5.97 Å². The third kappa shape index (κ3) is 5.91. The number of esters is 1. The highest BCUT2D eigenvalue weighted by molar-refractivity contribution is 7.91. The fourth-order valence-corrected chi connectivity index (χ4v) is 4.40. The van der Waals surface area contributed by atoms with E-state index in [1.165, 1.54) is 63.4 Å². The van der Waals surface area contributed by atoms with E-state index in [0.29, 0.717) is 17.1 Å². The first-order valence-corrected chi connectivity index (χ1v) is 12.5. The zero-order valence-electron chi connectivity index (χ0n) is 19.2. The number of nitrogens with one attached hydrogen (secondary N) is 1. The largest absolute Gasteiger partial charge is 0.493 e. The van der Waals surface area contributed by atoms with Crippen molar-refractivity contribution in [3.63, 3.8) is 0 Å². The summed E-state index contributed by atoms with van der Waals surface area (Å²) in [5, 5.41) is 10.6. The molecule has 3 aromatic rings. The van der Waals surface area contributed by atoms with Crippen LogP contribution >= 0.6 is 11.5 Å². The van der Waals surface area contributed by atoms with Crippen molar-refractivity contribution in [2.75, 3.05) is 12.4 Å². The van der Waals surface area contributed by atoms with Gasteiger partial charge in [0.25, 0.3) is 11.1 Å². The number of nitriles is 1. The third-order valence-electron chi connectivity index (χ3n) is 4.66. The number of amides is 1. The van der Waals surface area contributed by atoms with Crippen molar-refractivity contribution >= 4 is 44.5 Å². The van der Waals surface area contributed by atoms with E-state index in [1.807, 2.05) is 0 Å². The van der Waals surface area contributed by atoms with Crippen LogP contribution in [0.3, 0.4) is 0 Å². The highest BCUT2D eigenvalue weighted by Crippen LogP contribution is 2.30. The lowest BCUT2D eigenvalue weighted by Gasteiger charge is -2.10. The number of carbonyl (C=O) groups excluding carboxylic acids is 2. The second-order valence-corrected chi connectivity index (χ2v) is 10.5. The Morgan fingerprint density at radius 1 is 1.19 bits per heavy atom. The number of benzene rings is 2. The molecule has 0 radical (unpaired) electrons. The third-order valence-corrected chi connectivity index (χ3v) is 7.34. The average Bonchev–Trinajstić information content (AvgIpc) is 3.32. The monoisotopic (exact) mass is 530 g/mol. The topological polar surface area (TPSA) is 148 Å². The first kappa shape index (κ1) is 26.5. The smallest absolute Gasteiger partial charge is 0.346 e. The predicted molar refractivity (Wildman–Crippen MR) is 129 cm³/mol. The minimum absolute atomic E-state index is 0.00128. The van der Waals surface area contributed by atoms with Gasteiger partial charge in [0.2, 0.25) is 15.0 Å². The molecule has 1 amide bonds. The molecule has 0 saturated heterocycles. The van der Waals surface area contributed by atoms with E-state index in [-0.39, 0.29) is 27.8 Å². The van der Waals surface area contributed by atoms with Gasteiger partial charge in [0.05, 0.1) is 17.9 Å². The van der Waals surface area contributed by atoms with E-state index >= 15 is 0 Å². The number of sulfone groups is 1. The van der Waals surface area contributed by atoms with E-state index in [4.69, 9.17) is 9.47 Å². The number of methoxy groups -OCH3 is 1. The van der Waals surface area contributed by atoms with Crippen molar-refractivity contribution in [1.82, 2.24) is 9.36 Å². The van der Waals surface area contributed by atoms with Gasteiger partial charge in [0, 0.05) is 11.5 Å². The normalized spacial score (nSPS) is 11.6. The van der Waals surface area contributed by atoms with Gasteiger partial charge < -0.3 is 9.47 Å². The van der Waals surface area contributed by atoms with Gasteiger partial charge in [0.15, 0.2) is 11.5 Å². The molecule has 3 rings (SSSR count). The Kier molecular flexibility index (Phi) is 8.13. The minimum atomic E-state index is -3.72. The molecule has 0 unspecified atom stereocenters. The van der Waals surface area contributed by atoms with Crippen LogP contribution in [-0.2, 0) is 14.6 Å². The second kappa shape index (κ2) is 11.1. The molecule has 0 atom stereocenters. The molecule has 10 nitrogen and oxygen atoms in total. The lowest BCUT2D eigenvalue weighted by molar-refractivity contribution is -0.112. The first-order chi connectivity index (χ1) is 17.1. The Balaban J connectivity index is 1.79. The second-order valence-electron chi connectivity index (χ2n) is 7.38. The molecule has 0 spiro atoms. The van der Waals surface area contributed by atoms with Gasteiger partial charge in [0.1, 0.15) is 17.5 Å². The molecule has 0 aliphatic rings. The summed E-state index contributed by atoms with van der Waals surface area (Å²) in [5.74, 6) is -2.41. The lowest BCUT2D eigenvalue weighted by atomic mass is 10.1. The molecule has 36 heavy (non-hydrogen) atoms. The fraction of sp³-hybridized carbons (Fsp3) is 0.174. The van der Waals surface area contributed by atoms with Crippen LogP contribution in [0.4, 0.5) is 9.52 Å². The molecule has 0 aliphatic carbocycles. The summed E-state index contributed by atoms with van der Waals surface area (Å²) in [5.41, 5.74) is -0.228. The maximum Gasteiger partial charge on any atom is 0.346 e. The molecule has 1 heterocycles. The summed E-state index contributed by atoms with van der Waals surface area (Å²) in [6.07, 6.45) is 1.24. The minimum Gasteiger partial charge on any atom is -0.493 e. The van der Waals surface area contributed by atoms with E-state index < -0.39 is 37.9 Å². The van der Waals surface area contributed by atoms with Crippen LogP contribution in [0.5, 0.6) is 11.5 Å². The van der Waals surface area contributed by atoms with Gasteiger partial charge in [-0.25, -0.2) is 17.6 Å². The lowest BCUT2D eigenvalue weighted by Crippen LogP contribution is -2.16. The van der Waals surface area contributed by atoms with Gasteiger partial charge in [-0.15, -0.1) is 0 Å². The van der Waals surface area contributed by atoms with E-state index in [1.54, 1.807) is 6.07 Å². The highest BCUT2D eigenvalue weighted by Gasteiger charge is 2.25. The molecule has 0 fully saturated rings. The molecule has 0 bridgehead atoms. The van der Waals surface area contributed by atoms with Crippen molar-refractivity contribution in [3.8, 4) is 17.6 Å². The maximum absolute atomic E-state index is 13.9. The molecular weight excluding hydrogens is 511 g/mol. The molecular formula is C23H19FN4O6S2. The number of ether oxygens (including phenoxy) is 2. The van der Waals surface area contributed by atoms with Crippen LogP contribution in [0.2, 0.25) is 0 Å². The molecule has 2 aromatic carbocycles. The number of anilines is 1. The van der Waals surface area contributed by atoms with Crippen molar-refractivity contribution in [1.29, 1.82) is 5.26 Å².